The molecule has 0 unspecified atom stereocenters. The third-order valence-corrected chi connectivity index (χ3v) is 4.75. The molecule has 4 atom stereocenters. The first-order valence-electron chi connectivity index (χ1n) is 9.42. The topological polar surface area (TPSA) is 155 Å². The molecule has 2 aliphatic heterocycles. The Kier molecular flexibility index (Phi) is 5.96. The van der Waals surface area contributed by atoms with Crippen LogP contribution in [0.2, 0.25) is 0 Å². The van der Waals surface area contributed by atoms with Crippen molar-refractivity contribution in [2.75, 3.05) is 12.1 Å². The molecule has 0 radical (unpaired) electrons. The third-order valence-electron chi connectivity index (χ3n) is 4.75. The highest BCUT2D eigenvalue weighted by molar-refractivity contribution is 5.92. The number of anilines is 1. The molecule has 1 aromatic heterocycles. The molecule has 2 aliphatic rings. The van der Waals surface area contributed by atoms with Crippen molar-refractivity contribution in [2.45, 2.75) is 24.5 Å². The van der Waals surface area contributed by atoms with Crippen LogP contribution in [0.25, 0.3) is 0 Å². The summed E-state index contributed by atoms with van der Waals surface area (Å²) in [6, 6.07) is 9.48. The van der Waals surface area contributed by atoms with E-state index in [0.717, 1.165) is 16.7 Å². The summed E-state index contributed by atoms with van der Waals surface area (Å²) in [6.07, 6.45) is -1.67. The van der Waals surface area contributed by atoms with E-state index < -0.39 is 48.1 Å². The molecule has 12 nitrogen and oxygen atoms in total. The van der Waals surface area contributed by atoms with Crippen LogP contribution < -0.4 is 11.2 Å². The molecule has 1 saturated heterocycles. The van der Waals surface area contributed by atoms with E-state index in [4.69, 9.17) is 24.2 Å². The van der Waals surface area contributed by atoms with Gasteiger partial charge in [-0.2, -0.15) is 4.98 Å². The number of nitrogens with zero attached hydrogens (tertiary/aromatic N) is 2. The number of nitrogens with one attached hydrogen (secondary N) is 1. The smallest absolute Gasteiger partial charge is 0.351 e. The highest BCUT2D eigenvalue weighted by atomic mass is 16.7. The average molecular weight is 443 g/mol. The molecule has 0 amide bonds. The number of hydrogen-bond donors (Lipinski definition) is 2. The minimum Gasteiger partial charge on any atom is -0.459 e. The molecule has 1 aromatic carbocycles. The van der Waals surface area contributed by atoms with E-state index >= 15 is 0 Å². The summed E-state index contributed by atoms with van der Waals surface area (Å²) in [7, 11) is 0. The molecule has 12 heteroatoms. The average Bonchev–Trinajstić information content (AvgIpc) is 3.11. The molecule has 0 aliphatic carbocycles. The minimum atomic E-state index is -1.24. The van der Waals surface area contributed by atoms with Crippen LogP contribution in [0.4, 0.5) is 5.82 Å². The van der Waals surface area contributed by atoms with E-state index in [-0.39, 0.29) is 12.4 Å². The predicted octanol–water partition coefficient (Wildman–Crippen LogP) is 0.192. The quantitative estimate of drug-likeness (QED) is 0.370. The Labute approximate surface area is 179 Å². The maximum Gasteiger partial charge on any atom is 0.351 e. The van der Waals surface area contributed by atoms with E-state index in [2.05, 4.69) is 4.98 Å². The van der Waals surface area contributed by atoms with E-state index in [1.54, 1.807) is 35.8 Å². The van der Waals surface area contributed by atoms with Crippen molar-refractivity contribution in [1.82, 2.24) is 9.55 Å². The van der Waals surface area contributed by atoms with Crippen molar-refractivity contribution < 1.29 is 38.5 Å². The van der Waals surface area contributed by atoms with Crippen LogP contribution in [0, 0.1) is 0 Å². The first-order chi connectivity index (χ1) is 15.5. The zero-order chi connectivity index (χ0) is 22.7. The van der Waals surface area contributed by atoms with Gasteiger partial charge >= 0.3 is 23.6 Å². The molecule has 0 spiro atoms. The lowest BCUT2D eigenvalue weighted by Crippen LogP contribution is -2.43. The second-order valence-electron chi connectivity index (χ2n) is 6.78. The lowest BCUT2D eigenvalue weighted by atomic mass is 10.1. The summed E-state index contributed by atoms with van der Waals surface area (Å²) in [5.41, 5.74) is 1.21. The third kappa shape index (κ3) is 4.36. The summed E-state index contributed by atoms with van der Waals surface area (Å²) in [6.45, 7) is -0.349. The maximum absolute atomic E-state index is 12.4. The van der Waals surface area contributed by atoms with Gasteiger partial charge in [0.2, 0.25) is 0 Å². The fourth-order valence-corrected chi connectivity index (χ4v) is 3.30. The lowest BCUT2D eigenvalue weighted by molar-refractivity contribution is -0.164. The lowest BCUT2D eigenvalue weighted by Gasteiger charge is -2.25. The Hall–Kier alpha value is -4.03. The number of carbonyl (C=O) groups is 3. The van der Waals surface area contributed by atoms with Crippen LogP contribution in [0.5, 0.6) is 0 Å². The van der Waals surface area contributed by atoms with Crippen LogP contribution in [0.3, 0.4) is 0 Å². The number of esters is 3. The van der Waals surface area contributed by atoms with Gasteiger partial charge in [-0.1, -0.05) is 18.2 Å². The molecule has 0 bridgehead atoms. The van der Waals surface area contributed by atoms with Gasteiger partial charge in [-0.3, -0.25) is 15.3 Å². The SMILES string of the molecule is O=C1/C=C\C(=O)O[C@H]2[C@@H](O1)[C@H](n1ccc(NO)nc1=O)O[C@@H]2COC(=O)c1ccccc1. The molecule has 4 rings (SSSR count). The minimum absolute atomic E-state index is 0.113. The van der Waals surface area contributed by atoms with Crippen LogP contribution in [0.15, 0.2) is 59.5 Å². The fraction of sp³-hybridized carbons (Fsp3) is 0.250. The number of rotatable bonds is 5. The van der Waals surface area contributed by atoms with Crippen LogP contribution in [0.1, 0.15) is 16.6 Å². The first-order valence-corrected chi connectivity index (χ1v) is 9.42. The summed E-state index contributed by atoms with van der Waals surface area (Å²) in [4.78, 5) is 52.4. The summed E-state index contributed by atoms with van der Waals surface area (Å²) >= 11 is 0. The molecule has 1 fully saturated rings. The molecular formula is C20H17N3O9. The first kappa shape index (κ1) is 21.2. The van der Waals surface area contributed by atoms with Crippen LogP contribution in [-0.4, -0.2) is 57.6 Å². The number of fused-ring (bicyclic) bond motifs is 1. The second-order valence-corrected chi connectivity index (χ2v) is 6.78. The van der Waals surface area contributed by atoms with Gasteiger partial charge in [-0.25, -0.2) is 19.2 Å². The highest BCUT2D eigenvalue weighted by Crippen LogP contribution is 2.34. The molecule has 0 saturated carbocycles. The number of hydrogen-bond acceptors (Lipinski definition) is 11. The van der Waals surface area contributed by atoms with Crippen molar-refractivity contribution in [2.24, 2.45) is 0 Å². The predicted molar refractivity (Wildman–Crippen MR) is 103 cm³/mol. The van der Waals surface area contributed by atoms with Gasteiger partial charge in [0.05, 0.1) is 5.56 Å². The molecule has 3 heterocycles. The van der Waals surface area contributed by atoms with E-state index in [0.29, 0.717) is 5.56 Å². The van der Waals surface area contributed by atoms with Gasteiger partial charge in [0.15, 0.2) is 24.3 Å². The fourth-order valence-electron chi connectivity index (χ4n) is 3.30. The number of ether oxygens (including phenoxy) is 4. The van der Waals surface area contributed by atoms with Crippen LogP contribution in [-0.2, 0) is 28.5 Å². The number of carbonyl (C=O) groups excluding carboxylic acids is 3. The monoisotopic (exact) mass is 443 g/mol. The van der Waals surface area contributed by atoms with Crippen molar-refractivity contribution in [3.05, 3.63) is 70.8 Å². The largest absolute Gasteiger partial charge is 0.459 e. The van der Waals surface area contributed by atoms with Gasteiger partial charge in [0.1, 0.15) is 12.7 Å². The molecule has 2 aromatic rings. The number of aromatic nitrogens is 2. The number of benzene rings is 1. The Balaban J connectivity index is 1.61. The van der Waals surface area contributed by atoms with Crippen LogP contribution >= 0.6 is 0 Å². The second kappa shape index (κ2) is 8.99. The van der Waals surface area contributed by atoms with Gasteiger partial charge < -0.3 is 18.9 Å². The summed E-state index contributed by atoms with van der Waals surface area (Å²) in [5, 5.41) is 8.92. The van der Waals surface area contributed by atoms with Crippen molar-refractivity contribution in [3.8, 4) is 0 Å². The van der Waals surface area contributed by atoms with Gasteiger partial charge in [0, 0.05) is 18.3 Å². The summed E-state index contributed by atoms with van der Waals surface area (Å²) < 4.78 is 22.8. The van der Waals surface area contributed by atoms with Gasteiger partial charge in [-0.05, 0) is 18.2 Å². The Morgan fingerprint density at radius 1 is 1.06 bits per heavy atom. The zero-order valence-electron chi connectivity index (χ0n) is 16.3. The zero-order valence-corrected chi connectivity index (χ0v) is 16.3. The van der Waals surface area contributed by atoms with E-state index in [1.807, 2.05) is 0 Å². The van der Waals surface area contributed by atoms with Crippen molar-refractivity contribution >= 4 is 23.7 Å². The van der Waals surface area contributed by atoms with Crippen molar-refractivity contribution in [3.63, 3.8) is 0 Å². The molecule has 2 N–H and O–H groups in total. The van der Waals surface area contributed by atoms with Crippen molar-refractivity contribution in [1.29, 1.82) is 0 Å². The highest BCUT2D eigenvalue weighted by Gasteiger charge is 2.51. The van der Waals surface area contributed by atoms with E-state index in [1.165, 1.54) is 12.3 Å². The Bertz CT molecular complexity index is 1110. The molecule has 32 heavy (non-hydrogen) atoms. The maximum atomic E-state index is 12.4. The normalized spacial score (nSPS) is 25.5. The van der Waals surface area contributed by atoms with Gasteiger partial charge in [-0.15, -0.1) is 0 Å². The van der Waals surface area contributed by atoms with Gasteiger partial charge in [0.25, 0.3) is 0 Å². The molecular weight excluding hydrogens is 426 g/mol. The van der Waals surface area contributed by atoms with E-state index in [9.17, 15) is 19.2 Å². The standard InChI is InChI=1S/C20H17N3O9/c24-14-6-7-15(25)32-17-16(31-14)12(10-29-19(26)11-4-2-1-3-5-11)30-18(17)23-9-8-13(22-28)21-20(23)27/h1-9,12,16-18,28H,10H2,(H,21,22,27)/b7-6-/t12-,16-,17-,18-/m1/s1. The summed E-state index contributed by atoms with van der Waals surface area (Å²) in [5.74, 6) is -2.42. The molecule has 166 valence electrons. The Morgan fingerprint density at radius 3 is 2.41 bits per heavy atom. The Morgan fingerprint density at radius 2 is 1.75 bits per heavy atom.